The molecule has 0 spiro atoms. The number of carbonyl (C=O) groups is 2. The van der Waals surface area contributed by atoms with Gasteiger partial charge in [-0.15, -0.1) is 5.10 Å². The number of amides is 2. The standard InChI is InChI=1S/C27H27F3N6O2/c1-18(2)12-14-32-26(38)25(19-7-6-13-31-16-19)36(21-9-5-8-20(15-21)27(28,29)30)24(37)17-35-23-11-4-3-10-22(23)33-34-35/h3-11,13,15-16,18,25H,12,14,17H2,1-2H3,(H,32,38). The summed E-state index contributed by atoms with van der Waals surface area (Å²) in [5.74, 6) is -0.866. The zero-order valence-corrected chi connectivity index (χ0v) is 20.9. The number of rotatable bonds is 9. The maximum Gasteiger partial charge on any atom is 0.416 e. The highest BCUT2D eigenvalue weighted by atomic mass is 19.4. The van der Waals surface area contributed by atoms with Crippen LogP contribution in [-0.2, 0) is 22.3 Å². The molecule has 8 nitrogen and oxygen atoms in total. The van der Waals surface area contributed by atoms with Gasteiger partial charge in [0.2, 0.25) is 11.8 Å². The van der Waals surface area contributed by atoms with E-state index in [-0.39, 0.29) is 12.2 Å². The molecule has 0 fully saturated rings. The molecule has 2 aromatic carbocycles. The third-order valence-corrected chi connectivity index (χ3v) is 5.95. The number of halogens is 3. The zero-order valence-electron chi connectivity index (χ0n) is 20.9. The Morgan fingerprint density at radius 3 is 2.55 bits per heavy atom. The predicted molar refractivity (Wildman–Crippen MR) is 136 cm³/mol. The Bertz CT molecular complexity index is 1400. The molecular weight excluding hydrogens is 497 g/mol. The SMILES string of the molecule is CC(C)CCNC(=O)C(c1cccnc1)N(C(=O)Cn1nnc2ccccc21)c1cccc(C(F)(F)F)c1. The summed E-state index contributed by atoms with van der Waals surface area (Å²) in [6.07, 6.45) is -1.02. The average Bonchev–Trinajstić information content (AvgIpc) is 3.29. The lowest BCUT2D eigenvalue weighted by Crippen LogP contribution is -2.45. The number of alkyl halides is 3. The summed E-state index contributed by atoms with van der Waals surface area (Å²) in [7, 11) is 0. The highest BCUT2D eigenvalue weighted by Gasteiger charge is 2.36. The number of anilines is 1. The fourth-order valence-corrected chi connectivity index (χ4v) is 4.04. The van der Waals surface area contributed by atoms with Crippen molar-refractivity contribution in [3.63, 3.8) is 0 Å². The second-order valence-corrected chi connectivity index (χ2v) is 9.21. The minimum absolute atomic E-state index is 0.0814. The number of nitrogens with one attached hydrogen (secondary N) is 1. The van der Waals surface area contributed by atoms with Crippen molar-refractivity contribution in [2.75, 3.05) is 11.4 Å². The molecule has 1 N–H and O–H groups in total. The van der Waals surface area contributed by atoms with Crippen LogP contribution in [-0.4, -0.2) is 38.3 Å². The van der Waals surface area contributed by atoms with Gasteiger partial charge in [-0.2, -0.15) is 13.2 Å². The van der Waals surface area contributed by atoms with Gasteiger partial charge in [-0.3, -0.25) is 19.5 Å². The minimum atomic E-state index is -4.64. The molecule has 1 atom stereocenters. The van der Waals surface area contributed by atoms with Gasteiger partial charge in [0.25, 0.3) is 0 Å². The molecule has 2 heterocycles. The second kappa shape index (κ2) is 11.4. The van der Waals surface area contributed by atoms with Crippen LogP contribution in [0.4, 0.5) is 18.9 Å². The molecule has 0 radical (unpaired) electrons. The van der Waals surface area contributed by atoms with Crippen LogP contribution in [0, 0.1) is 5.92 Å². The van der Waals surface area contributed by atoms with Crippen LogP contribution >= 0.6 is 0 Å². The summed E-state index contributed by atoms with van der Waals surface area (Å²) in [5.41, 5.74) is 0.459. The average molecular weight is 525 g/mol. The predicted octanol–water partition coefficient (Wildman–Crippen LogP) is 4.78. The molecule has 1 unspecified atom stereocenters. The van der Waals surface area contributed by atoms with E-state index in [0.717, 1.165) is 17.0 Å². The Kier molecular flexibility index (Phi) is 8.04. The first kappa shape index (κ1) is 26.8. The molecule has 198 valence electrons. The monoisotopic (exact) mass is 524 g/mol. The van der Waals surface area contributed by atoms with Gasteiger partial charge in [-0.1, -0.05) is 43.3 Å². The van der Waals surface area contributed by atoms with Crippen molar-refractivity contribution in [3.8, 4) is 0 Å². The van der Waals surface area contributed by atoms with Crippen LogP contribution < -0.4 is 10.2 Å². The number of pyridine rings is 1. The van der Waals surface area contributed by atoms with E-state index in [9.17, 15) is 22.8 Å². The van der Waals surface area contributed by atoms with E-state index >= 15 is 0 Å². The number of aromatic nitrogens is 4. The van der Waals surface area contributed by atoms with Crippen molar-refractivity contribution >= 4 is 28.5 Å². The van der Waals surface area contributed by atoms with E-state index in [1.165, 1.54) is 29.2 Å². The van der Waals surface area contributed by atoms with E-state index < -0.39 is 29.6 Å². The molecule has 2 aromatic heterocycles. The first-order valence-corrected chi connectivity index (χ1v) is 12.1. The molecule has 4 rings (SSSR count). The van der Waals surface area contributed by atoms with Crippen molar-refractivity contribution in [1.82, 2.24) is 25.3 Å². The summed E-state index contributed by atoms with van der Waals surface area (Å²) < 4.78 is 42.2. The van der Waals surface area contributed by atoms with Crippen molar-refractivity contribution in [2.45, 2.75) is 39.0 Å². The smallest absolute Gasteiger partial charge is 0.354 e. The van der Waals surface area contributed by atoms with Gasteiger partial charge in [0.15, 0.2) is 0 Å². The number of fused-ring (bicyclic) bond motifs is 1. The molecule has 0 aliphatic rings. The van der Waals surface area contributed by atoms with Crippen LogP contribution in [0.1, 0.15) is 37.4 Å². The molecule has 4 aromatic rings. The van der Waals surface area contributed by atoms with E-state index in [4.69, 9.17) is 0 Å². The van der Waals surface area contributed by atoms with Gasteiger partial charge in [-0.25, -0.2) is 4.68 Å². The molecule has 11 heteroatoms. The lowest BCUT2D eigenvalue weighted by Gasteiger charge is -2.32. The largest absolute Gasteiger partial charge is 0.416 e. The van der Waals surface area contributed by atoms with Crippen LogP contribution in [0.2, 0.25) is 0 Å². The van der Waals surface area contributed by atoms with Gasteiger partial charge in [0.05, 0.1) is 11.1 Å². The number of para-hydroxylation sites is 1. The zero-order chi connectivity index (χ0) is 27.3. The van der Waals surface area contributed by atoms with E-state index in [1.54, 1.807) is 36.4 Å². The van der Waals surface area contributed by atoms with Crippen molar-refractivity contribution < 1.29 is 22.8 Å². The molecule has 0 saturated carbocycles. The molecule has 2 amide bonds. The van der Waals surface area contributed by atoms with Crippen molar-refractivity contribution in [3.05, 3.63) is 84.2 Å². The minimum Gasteiger partial charge on any atom is -0.354 e. The highest BCUT2D eigenvalue weighted by molar-refractivity contribution is 6.01. The van der Waals surface area contributed by atoms with E-state index in [0.29, 0.717) is 35.5 Å². The fraction of sp³-hybridized carbons (Fsp3) is 0.296. The Balaban J connectivity index is 1.80. The molecule has 0 saturated heterocycles. The Labute approximate surface area is 217 Å². The summed E-state index contributed by atoms with van der Waals surface area (Å²) >= 11 is 0. The quantitative estimate of drug-likeness (QED) is 0.340. The van der Waals surface area contributed by atoms with E-state index in [1.807, 2.05) is 13.8 Å². The van der Waals surface area contributed by atoms with Gasteiger partial charge in [0, 0.05) is 30.2 Å². The van der Waals surface area contributed by atoms with Crippen molar-refractivity contribution in [1.29, 1.82) is 0 Å². The van der Waals surface area contributed by atoms with E-state index in [2.05, 4.69) is 20.6 Å². The molecule has 38 heavy (non-hydrogen) atoms. The second-order valence-electron chi connectivity index (χ2n) is 9.21. The summed E-state index contributed by atoms with van der Waals surface area (Å²) in [5, 5.41) is 10.9. The van der Waals surface area contributed by atoms with Crippen molar-refractivity contribution in [2.24, 2.45) is 5.92 Å². The van der Waals surface area contributed by atoms with Crippen LogP contribution in [0.15, 0.2) is 73.1 Å². The first-order chi connectivity index (χ1) is 18.1. The maximum absolute atomic E-state index is 13.9. The lowest BCUT2D eigenvalue weighted by atomic mass is 10.0. The lowest BCUT2D eigenvalue weighted by molar-refractivity contribution is -0.137. The van der Waals surface area contributed by atoms with Gasteiger partial charge >= 0.3 is 6.18 Å². The third kappa shape index (κ3) is 6.16. The van der Waals surface area contributed by atoms with Crippen LogP contribution in [0.5, 0.6) is 0 Å². The van der Waals surface area contributed by atoms with Gasteiger partial charge < -0.3 is 5.32 Å². The summed E-state index contributed by atoms with van der Waals surface area (Å²) in [4.78, 5) is 32.6. The molecular formula is C27H27F3N6O2. The number of benzene rings is 2. The number of nitrogens with zero attached hydrogens (tertiary/aromatic N) is 5. The van der Waals surface area contributed by atoms with Crippen LogP contribution in [0.3, 0.4) is 0 Å². The van der Waals surface area contributed by atoms with Crippen LogP contribution in [0.25, 0.3) is 11.0 Å². The normalized spacial score (nSPS) is 12.5. The Morgan fingerprint density at radius 1 is 1.05 bits per heavy atom. The third-order valence-electron chi connectivity index (χ3n) is 5.95. The first-order valence-electron chi connectivity index (χ1n) is 12.1. The highest BCUT2D eigenvalue weighted by Crippen LogP contribution is 2.34. The van der Waals surface area contributed by atoms with Gasteiger partial charge in [0.1, 0.15) is 18.1 Å². The maximum atomic E-state index is 13.9. The van der Waals surface area contributed by atoms with Gasteiger partial charge in [-0.05, 0) is 48.7 Å². The molecule has 0 aliphatic heterocycles. The number of hydrogen-bond donors (Lipinski definition) is 1. The Hall–Kier alpha value is -4.28. The molecule has 0 aliphatic carbocycles. The number of carbonyl (C=O) groups excluding carboxylic acids is 2. The Morgan fingerprint density at radius 2 is 1.84 bits per heavy atom. The topological polar surface area (TPSA) is 93.0 Å². The fourth-order valence-electron chi connectivity index (χ4n) is 4.04. The summed E-state index contributed by atoms with van der Waals surface area (Å²) in [6, 6.07) is 13.3. The number of hydrogen-bond acceptors (Lipinski definition) is 5. The molecule has 0 bridgehead atoms. The summed E-state index contributed by atoms with van der Waals surface area (Å²) in [6.45, 7) is 4.00.